The Bertz CT molecular complexity index is 1280. The van der Waals surface area contributed by atoms with Crippen LogP contribution in [0.25, 0.3) is 0 Å². The predicted octanol–water partition coefficient (Wildman–Crippen LogP) is 7.88. The van der Waals surface area contributed by atoms with E-state index in [1.165, 1.54) is 96.3 Å². The van der Waals surface area contributed by atoms with E-state index in [1.807, 2.05) is 0 Å². The van der Waals surface area contributed by atoms with Crippen LogP contribution in [0.3, 0.4) is 0 Å². The van der Waals surface area contributed by atoms with Crippen LogP contribution in [0.15, 0.2) is 36.5 Å². The van der Waals surface area contributed by atoms with Gasteiger partial charge in [0.2, 0.25) is 5.91 Å². The number of hydrogen-bond acceptors (Lipinski definition) is 13. The third-order valence-electron chi connectivity index (χ3n) is 13.4. The Kier molecular flexibility index (Phi) is 37.4. The molecule has 14 nitrogen and oxygen atoms in total. The number of hydrogen-bond donors (Lipinski definition) is 9. The van der Waals surface area contributed by atoms with E-state index < -0.39 is 86.8 Å². The number of allylic oxidation sites excluding steroid dienone is 6. The fourth-order valence-electron chi connectivity index (χ4n) is 8.96. The van der Waals surface area contributed by atoms with Gasteiger partial charge in [-0.15, -0.1) is 0 Å². The summed E-state index contributed by atoms with van der Waals surface area (Å²) in [6, 6.07) is -0.833. The van der Waals surface area contributed by atoms with Crippen molar-refractivity contribution in [2.75, 3.05) is 19.8 Å². The maximum Gasteiger partial charge on any atom is 0.220 e. The van der Waals surface area contributed by atoms with Crippen LogP contribution >= 0.6 is 0 Å². The highest BCUT2D eigenvalue weighted by Crippen LogP contribution is 2.30. The maximum atomic E-state index is 13.2. The van der Waals surface area contributed by atoms with Gasteiger partial charge in [-0.1, -0.05) is 192 Å². The lowest BCUT2D eigenvalue weighted by Gasteiger charge is -2.46. The molecule has 0 aliphatic carbocycles. The second kappa shape index (κ2) is 40.8. The van der Waals surface area contributed by atoms with E-state index in [4.69, 9.17) is 18.9 Å². The Hall–Kier alpha value is -1.79. The van der Waals surface area contributed by atoms with Gasteiger partial charge in [0.05, 0.1) is 32.0 Å². The summed E-state index contributed by atoms with van der Waals surface area (Å²) in [6.07, 6.45) is 29.9. The summed E-state index contributed by atoms with van der Waals surface area (Å²) >= 11 is 0. The summed E-state index contributed by atoms with van der Waals surface area (Å²) in [7, 11) is 0. The SMILES string of the molecule is CC/C=C\C/C=C\C/C=C\CCCCCCCCCC(=O)NC(COC1OC(CO)C(OC2OC(CO)C(O)C(O)C2O)C(O)C1O)C(O)CCCCCCCCCCCCCCCCCCC. The van der Waals surface area contributed by atoms with Gasteiger partial charge in [0.15, 0.2) is 12.6 Å². The highest BCUT2D eigenvalue weighted by molar-refractivity contribution is 5.76. The van der Waals surface area contributed by atoms with E-state index in [2.05, 4.69) is 55.6 Å². The number of rotatable bonds is 42. The lowest BCUT2D eigenvalue weighted by atomic mass is 9.97. The molecule has 2 saturated heterocycles. The van der Waals surface area contributed by atoms with Crippen LogP contribution in [0.4, 0.5) is 0 Å². The first-order valence-electron chi connectivity index (χ1n) is 27.2. The van der Waals surface area contributed by atoms with Crippen molar-refractivity contribution in [3.8, 4) is 0 Å². The van der Waals surface area contributed by atoms with Gasteiger partial charge in [-0.05, 0) is 44.9 Å². The monoisotopic (exact) mass is 970 g/mol. The van der Waals surface area contributed by atoms with Crippen LogP contribution in [0.5, 0.6) is 0 Å². The molecule has 2 fully saturated rings. The molecule has 12 atom stereocenters. The summed E-state index contributed by atoms with van der Waals surface area (Å²) in [6.45, 7) is 2.74. The van der Waals surface area contributed by atoms with E-state index in [9.17, 15) is 45.6 Å². The van der Waals surface area contributed by atoms with Crippen molar-refractivity contribution < 1.29 is 64.6 Å². The highest BCUT2D eigenvalue weighted by atomic mass is 16.7. The van der Waals surface area contributed by atoms with Crippen molar-refractivity contribution in [1.82, 2.24) is 5.32 Å². The second-order valence-electron chi connectivity index (χ2n) is 19.3. The lowest BCUT2D eigenvalue weighted by Crippen LogP contribution is -2.65. The molecule has 9 N–H and O–H groups in total. The van der Waals surface area contributed by atoms with E-state index in [0.717, 1.165) is 77.0 Å². The highest BCUT2D eigenvalue weighted by Gasteiger charge is 2.51. The molecule has 12 unspecified atom stereocenters. The van der Waals surface area contributed by atoms with Crippen LogP contribution in [-0.4, -0.2) is 140 Å². The largest absolute Gasteiger partial charge is 0.394 e. The zero-order chi connectivity index (χ0) is 49.6. The molecule has 2 aliphatic rings. The lowest BCUT2D eigenvalue weighted by molar-refractivity contribution is -0.359. The molecule has 68 heavy (non-hydrogen) atoms. The van der Waals surface area contributed by atoms with Crippen molar-refractivity contribution in [1.29, 1.82) is 0 Å². The zero-order valence-electron chi connectivity index (χ0n) is 42.3. The number of nitrogens with one attached hydrogen (secondary N) is 1. The number of carbonyl (C=O) groups excluding carboxylic acids is 1. The van der Waals surface area contributed by atoms with Crippen molar-refractivity contribution >= 4 is 5.91 Å². The second-order valence-corrected chi connectivity index (χ2v) is 19.3. The molecule has 0 saturated carbocycles. The van der Waals surface area contributed by atoms with Crippen LogP contribution in [0.2, 0.25) is 0 Å². The Morgan fingerprint density at radius 2 is 1.01 bits per heavy atom. The number of carbonyl (C=O) groups is 1. The molecule has 0 aromatic carbocycles. The fourth-order valence-corrected chi connectivity index (χ4v) is 8.96. The summed E-state index contributed by atoms with van der Waals surface area (Å²) in [4.78, 5) is 13.2. The molecule has 0 aromatic heterocycles. The van der Waals surface area contributed by atoms with Crippen molar-refractivity contribution in [3.63, 3.8) is 0 Å². The number of aliphatic hydroxyl groups excluding tert-OH is 8. The van der Waals surface area contributed by atoms with Crippen LogP contribution in [-0.2, 0) is 23.7 Å². The minimum atomic E-state index is -1.78. The van der Waals surface area contributed by atoms with Crippen LogP contribution < -0.4 is 5.32 Å². The molecule has 1 amide bonds. The van der Waals surface area contributed by atoms with Crippen LogP contribution in [0, 0.1) is 0 Å². The van der Waals surface area contributed by atoms with E-state index in [0.29, 0.717) is 19.3 Å². The fraction of sp³-hybridized carbons (Fsp3) is 0.870. The molecular weight excluding hydrogens is 871 g/mol. The summed E-state index contributed by atoms with van der Waals surface area (Å²) in [5, 5.41) is 87.1. The minimum Gasteiger partial charge on any atom is -0.394 e. The molecular formula is C54H99NO13. The van der Waals surface area contributed by atoms with Gasteiger partial charge in [-0.3, -0.25) is 4.79 Å². The number of unbranched alkanes of at least 4 members (excludes halogenated alkanes) is 23. The molecule has 14 heteroatoms. The van der Waals surface area contributed by atoms with Gasteiger partial charge in [-0.25, -0.2) is 0 Å². The third kappa shape index (κ3) is 27.1. The van der Waals surface area contributed by atoms with Crippen molar-refractivity contribution in [2.24, 2.45) is 0 Å². The summed E-state index contributed by atoms with van der Waals surface area (Å²) < 4.78 is 22.8. The zero-order valence-corrected chi connectivity index (χ0v) is 42.3. The maximum absolute atomic E-state index is 13.2. The van der Waals surface area contributed by atoms with E-state index in [1.54, 1.807) is 0 Å². The van der Waals surface area contributed by atoms with E-state index >= 15 is 0 Å². The van der Waals surface area contributed by atoms with Gasteiger partial charge < -0.3 is 65.1 Å². The van der Waals surface area contributed by atoms with Crippen molar-refractivity contribution in [3.05, 3.63) is 36.5 Å². The Morgan fingerprint density at radius 3 is 1.56 bits per heavy atom. The van der Waals surface area contributed by atoms with E-state index in [-0.39, 0.29) is 12.5 Å². The quantitative estimate of drug-likeness (QED) is 0.0210. The Morgan fingerprint density at radius 1 is 0.544 bits per heavy atom. The average molecular weight is 970 g/mol. The third-order valence-corrected chi connectivity index (χ3v) is 13.4. The number of ether oxygens (including phenoxy) is 4. The predicted molar refractivity (Wildman–Crippen MR) is 268 cm³/mol. The first kappa shape index (κ1) is 62.3. The van der Waals surface area contributed by atoms with Crippen molar-refractivity contribution in [2.45, 2.75) is 280 Å². The molecule has 2 rings (SSSR count). The average Bonchev–Trinajstić information content (AvgIpc) is 3.34. The summed E-state index contributed by atoms with van der Waals surface area (Å²) in [5.74, 6) is -0.217. The van der Waals surface area contributed by atoms with Gasteiger partial charge in [-0.2, -0.15) is 0 Å². The van der Waals surface area contributed by atoms with Gasteiger partial charge in [0.25, 0.3) is 0 Å². The van der Waals surface area contributed by atoms with Gasteiger partial charge >= 0.3 is 0 Å². The van der Waals surface area contributed by atoms with Crippen LogP contribution in [0.1, 0.15) is 206 Å². The molecule has 0 bridgehead atoms. The first-order valence-corrected chi connectivity index (χ1v) is 27.2. The molecule has 398 valence electrons. The normalized spacial score (nSPS) is 26.6. The molecule has 0 spiro atoms. The molecule has 2 heterocycles. The summed E-state index contributed by atoms with van der Waals surface area (Å²) in [5.41, 5.74) is 0. The molecule has 0 radical (unpaired) electrons. The standard InChI is InChI=1S/C54H99NO13/c1-3-5-7-9-11-13-15-17-19-21-23-25-27-29-31-33-35-37-43(58)42(55-46(59)38-36-34-32-30-28-26-24-22-20-18-16-14-12-10-8-6-4-2)41-65-53-51(64)49(62)52(45(40-57)67-53)68-54-50(63)48(61)47(60)44(39-56)66-54/h6,8,12,14,18,20,42-45,47-54,56-58,60-64H,3-5,7,9-11,13,15-17,19,21-41H2,1-2H3,(H,55,59)/b8-6-,14-12-,20-18-. The number of amides is 1. The molecule has 2 aliphatic heterocycles. The smallest absolute Gasteiger partial charge is 0.220 e. The van der Waals surface area contributed by atoms with Gasteiger partial charge in [0.1, 0.15) is 48.8 Å². The first-order chi connectivity index (χ1) is 33.1. The topological polar surface area (TPSA) is 228 Å². The Balaban J connectivity index is 1.81. The molecule has 0 aromatic rings. The minimum absolute atomic E-state index is 0.217. The Labute approximate surface area is 411 Å². The number of aliphatic hydroxyl groups is 8. The van der Waals surface area contributed by atoms with Gasteiger partial charge in [0, 0.05) is 6.42 Å².